The summed E-state index contributed by atoms with van der Waals surface area (Å²) < 4.78 is 0. The molecule has 0 aliphatic carbocycles. The van der Waals surface area contributed by atoms with Gasteiger partial charge in [0, 0.05) is 12.5 Å². The van der Waals surface area contributed by atoms with Crippen LogP contribution in [0.4, 0.5) is 0 Å². The first-order valence-electron chi connectivity index (χ1n) is 2.22. The van der Waals surface area contributed by atoms with Gasteiger partial charge in [0.05, 0.1) is 0 Å². The normalized spacial score (nSPS) is 18.6. The highest BCUT2D eigenvalue weighted by atomic mass is 35.5. The molecule has 0 saturated heterocycles. The maximum Gasteiger partial charge on any atom is 0.270 e. The fourth-order valence-corrected chi connectivity index (χ4v) is 0.632. The SMILES string of the molecule is O=C1C=CCC(Cl)=N1. The average molecular weight is 130 g/mol. The van der Waals surface area contributed by atoms with Crippen LogP contribution in [0.1, 0.15) is 6.42 Å². The molecule has 8 heavy (non-hydrogen) atoms. The van der Waals surface area contributed by atoms with Crippen molar-refractivity contribution in [3.8, 4) is 0 Å². The van der Waals surface area contributed by atoms with Gasteiger partial charge >= 0.3 is 0 Å². The second-order valence-corrected chi connectivity index (χ2v) is 1.87. The molecule has 0 aromatic rings. The molecule has 0 saturated carbocycles. The van der Waals surface area contributed by atoms with Gasteiger partial charge in [-0.25, -0.2) is 4.99 Å². The summed E-state index contributed by atoms with van der Waals surface area (Å²) in [6.07, 6.45) is 3.69. The number of hydrogen-bond acceptors (Lipinski definition) is 1. The number of rotatable bonds is 0. The highest BCUT2D eigenvalue weighted by Crippen LogP contribution is 2.01. The highest BCUT2D eigenvalue weighted by molar-refractivity contribution is 6.66. The molecule has 3 heteroatoms. The van der Waals surface area contributed by atoms with E-state index < -0.39 is 0 Å². The Morgan fingerprint density at radius 1 is 1.75 bits per heavy atom. The quantitative estimate of drug-likeness (QED) is 0.482. The lowest BCUT2D eigenvalue weighted by molar-refractivity contribution is -0.113. The Bertz CT molecular complexity index is 171. The van der Waals surface area contributed by atoms with Crippen LogP contribution in [0, 0.1) is 0 Å². The summed E-state index contributed by atoms with van der Waals surface area (Å²) in [6, 6.07) is 0. The van der Waals surface area contributed by atoms with E-state index >= 15 is 0 Å². The first-order valence-corrected chi connectivity index (χ1v) is 2.60. The molecular formula is C5H4ClNO. The van der Waals surface area contributed by atoms with Gasteiger partial charge < -0.3 is 0 Å². The molecule has 0 aromatic heterocycles. The number of carbonyl (C=O) groups is 1. The molecule has 0 spiro atoms. The fourth-order valence-electron chi connectivity index (χ4n) is 0.459. The molecule has 1 rings (SSSR count). The van der Waals surface area contributed by atoms with E-state index in [0.29, 0.717) is 11.6 Å². The fraction of sp³-hybridized carbons (Fsp3) is 0.200. The molecule has 2 nitrogen and oxygen atoms in total. The minimum absolute atomic E-state index is 0.263. The Hall–Kier alpha value is -0.630. The topological polar surface area (TPSA) is 29.4 Å². The van der Waals surface area contributed by atoms with E-state index in [4.69, 9.17) is 11.6 Å². The van der Waals surface area contributed by atoms with Crippen LogP contribution in [-0.2, 0) is 4.79 Å². The average Bonchev–Trinajstić information content (AvgIpc) is 1.64. The van der Waals surface area contributed by atoms with E-state index in [1.165, 1.54) is 6.08 Å². The number of halogens is 1. The van der Waals surface area contributed by atoms with Crippen LogP contribution in [0.25, 0.3) is 0 Å². The Balaban J connectivity index is 2.74. The molecule has 1 aliphatic heterocycles. The number of allylic oxidation sites excluding steroid dienone is 1. The molecule has 0 fully saturated rings. The monoisotopic (exact) mass is 129 g/mol. The van der Waals surface area contributed by atoms with Crippen LogP contribution >= 0.6 is 11.6 Å². The van der Waals surface area contributed by atoms with Gasteiger partial charge in [-0.05, 0) is 0 Å². The first kappa shape index (κ1) is 5.51. The summed E-state index contributed by atoms with van der Waals surface area (Å²) in [7, 11) is 0. The minimum Gasteiger partial charge on any atom is -0.267 e. The molecular weight excluding hydrogens is 126 g/mol. The van der Waals surface area contributed by atoms with Gasteiger partial charge in [0.25, 0.3) is 5.91 Å². The van der Waals surface area contributed by atoms with Crippen LogP contribution < -0.4 is 0 Å². The standard InChI is InChI=1S/C5H4ClNO/c6-4-2-1-3-5(8)7-4/h1,3H,2H2. The smallest absolute Gasteiger partial charge is 0.267 e. The zero-order valence-electron chi connectivity index (χ0n) is 4.10. The molecule has 0 aromatic carbocycles. The Labute approximate surface area is 51.9 Å². The van der Waals surface area contributed by atoms with Crippen molar-refractivity contribution in [2.45, 2.75) is 6.42 Å². The lowest BCUT2D eigenvalue weighted by Gasteiger charge is -1.94. The first-order chi connectivity index (χ1) is 3.79. The van der Waals surface area contributed by atoms with Crippen LogP contribution in [0.5, 0.6) is 0 Å². The maximum atomic E-state index is 10.3. The molecule has 1 aliphatic rings. The highest BCUT2D eigenvalue weighted by Gasteiger charge is 2.00. The van der Waals surface area contributed by atoms with Crippen molar-refractivity contribution in [1.82, 2.24) is 0 Å². The van der Waals surface area contributed by atoms with Crippen molar-refractivity contribution in [2.24, 2.45) is 4.99 Å². The minimum atomic E-state index is -0.263. The molecule has 1 amide bonds. The van der Waals surface area contributed by atoms with Gasteiger partial charge in [-0.1, -0.05) is 17.7 Å². The Morgan fingerprint density at radius 2 is 2.50 bits per heavy atom. The molecule has 0 bridgehead atoms. The summed E-state index contributed by atoms with van der Waals surface area (Å²) in [4.78, 5) is 13.8. The summed E-state index contributed by atoms with van der Waals surface area (Å²) >= 11 is 5.39. The van der Waals surface area contributed by atoms with Crippen molar-refractivity contribution < 1.29 is 4.79 Å². The van der Waals surface area contributed by atoms with Gasteiger partial charge in [0.15, 0.2) is 0 Å². The molecule has 42 valence electrons. The second kappa shape index (κ2) is 2.09. The number of aliphatic imine (C=N–C) groups is 1. The summed E-state index contributed by atoms with van der Waals surface area (Å²) in [6.45, 7) is 0. The van der Waals surface area contributed by atoms with E-state index in [-0.39, 0.29) is 5.91 Å². The third-order valence-electron chi connectivity index (χ3n) is 0.778. The van der Waals surface area contributed by atoms with E-state index in [2.05, 4.69) is 4.99 Å². The van der Waals surface area contributed by atoms with Gasteiger partial charge in [-0.15, -0.1) is 0 Å². The van der Waals surface area contributed by atoms with Gasteiger partial charge in [-0.2, -0.15) is 0 Å². The van der Waals surface area contributed by atoms with Crippen molar-refractivity contribution in [1.29, 1.82) is 0 Å². The predicted molar refractivity (Wildman–Crippen MR) is 32.1 cm³/mol. The van der Waals surface area contributed by atoms with Crippen LogP contribution in [0.15, 0.2) is 17.1 Å². The summed E-state index contributed by atoms with van der Waals surface area (Å²) in [5.74, 6) is -0.263. The van der Waals surface area contributed by atoms with Crippen molar-refractivity contribution in [3.05, 3.63) is 12.2 Å². The van der Waals surface area contributed by atoms with Gasteiger partial charge in [0.1, 0.15) is 5.17 Å². The van der Waals surface area contributed by atoms with E-state index in [9.17, 15) is 4.79 Å². The third kappa shape index (κ3) is 1.17. The van der Waals surface area contributed by atoms with E-state index in [0.717, 1.165) is 0 Å². The Morgan fingerprint density at radius 3 is 2.88 bits per heavy atom. The summed E-state index contributed by atoms with van der Waals surface area (Å²) in [5, 5.41) is 0.373. The Kier molecular flexibility index (Phi) is 1.44. The summed E-state index contributed by atoms with van der Waals surface area (Å²) in [5.41, 5.74) is 0. The number of amides is 1. The van der Waals surface area contributed by atoms with Gasteiger partial charge in [-0.3, -0.25) is 4.79 Å². The predicted octanol–water partition coefficient (Wildman–Crippen LogP) is 1.11. The lowest BCUT2D eigenvalue weighted by Crippen LogP contribution is -1.97. The van der Waals surface area contributed by atoms with Crippen molar-refractivity contribution in [2.75, 3.05) is 0 Å². The zero-order valence-corrected chi connectivity index (χ0v) is 4.85. The van der Waals surface area contributed by atoms with Gasteiger partial charge in [0.2, 0.25) is 0 Å². The lowest BCUT2D eigenvalue weighted by atomic mass is 10.3. The molecule has 1 heterocycles. The number of nitrogens with zero attached hydrogens (tertiary/aromatic N) is 1. The zero-order chi connectivity index (χ0) is 5.98. The molecule has 0 N–H and O–H groups in total. The van der Waals surface area contributed by atoms with E-state index in [1.807, 2.05) is 0 Å². The number of carbonyl (C=O) groups excluding carboxylic acids is 1. The van der Waals surface area contributed by atoms with Crippen LogP contribution in [-0.4, -0.2) is 11.1 Å². The number of hydrogen-bond donors (Lipinski definition) is 0. The second-order valence-electron chi connectivity index (χ2n) is 1.43. The van der Waals surface area contributed by atoms with Crippen LogP contribution in [0.2, 0.25) is 0 Å². The molecule has 0 atom stereocenters. The largest absolute Gasteiger partial charge is 0.270 e. The molecule has 0 radical (unpaired) electrons. The van der Waals surface area contributed by atoms with Crippen molar-refractivity contribution in [3.63, 3.8) is 0 Å². The maximum absolute atomic E-state index is 10.3. The third-order valence-corrected chi connectivity index (χ3v) is 1.02. The number of dihydropyridines is 1. The molecule has 0 unspecified atom stereocenters. The van der Waals surface area contributed by atoms with Crippen molar-refractivity contribution >= 4 is 22.7 Å². The van der Waals surface area contributed by atoms with E-state index in [1.54, 1.807) is 6.08 Å². The van der Waals surface area contributed by atoms with Crippen LogP contribution in [0.3, 0.4) is 0 Å².